The third kappa shape index (κ3) is 5.01. The van der Waals surface area contributed by atoms with Crippen molar-refractivity contribution in [1.29, 1.82) is 0 Å². The molecule has 0 N–H and O–H groups in total. The molecule has 0 aromatic heterocycles. The summed E-state index contributed by atoms with van der Waals surface area (Å²) >= 11 is 0. The predicted octanol–water partition coefficient (Wildman–Crippen LogP) is 2.00. The summed E-state index contributed by atoms with van der Waals surface area (Å²) < 4.78 is 10.7. The lowest BCUT2D eigenvalue weighted by Gasteiger charge is -2.22. The molecule has 0 saturated heterocycles. The highest BCUT2D eigenvalue weighted by molar-refractivity contribution is 5.54. The summed E-state index contributed by atoms with van der Waals surface area (Å²) in [6.07, 6.45) is 1.46. The largest absolute Gasteiger partial charge is 0.353 e. The number of ether oxygens (including phenoxy) is 2. The van der Waals surface area contributed by atoms with Crippen LogP contribution in [0.15, 0.2) is 0 Å². The fraction of sp³-hybridized carbons (Fsp3) is 0.900. The van der Waals surface area contributed by atoms with Gasteiger partial charge in [0.1, 0.15) is 6.29 Å². The Hall–Kier alpha value is -0.410. The molecule has 0 fully saturated rings. The molecule has 0 bridgehead atoms. The van der Waals surface area contributed by atoms with E-state index in [9.17, 15) is 4.79 Å². The van der Waals surface area contributed by atoms with E-state index in [1.165, 1.54) is 0 Å². The quantitative estimate of drug-likeness (QED) is 0.453. The van der Waals surface area contributed by atoms with Gasteiger partial charge in [0.15, 0.2) is 6.29 Å². The second-order valence-electron chi connectivity index (χ2n) is 3.07. The van der Waals surface area contributed by atoms with Crippen molar-refractivity contribution in [2.24, 2.45) is 5.92 Å². The number of hydrogen-bond donors (Lipinski definition) is 0. The molecule has 0 heterocycles. The van der Waals surface area contributed by atoms with Gasteiger partial charge in [-0.15, -0.1) is 0 Å². The summed E-state index contributed by atoms with van der Waals surface area (Å²) in [5.41, 5.74) is 0. The maximum absolute atomic E-state index is 10.6. The first-order chi connectivity index (χ1) is 6.15. The van der Waals surface area contributed by atoms with E-state index in [2.05, 4.69) is 0 Å². The normalized spacial score (nSPS) is 17.8. The van der Waals surface area contributed by atoms with E-state index in [4.69, 9.17) is 9.47 Å². The highest BCUT2D eigenvalue weighted by Crippen LogP contribution is 2.11. The first kappa shape index (κ1) is 12.6. The summed E-state index contributed by atoms with van der Waals surface area (Å²) in [6.45, 7) is 8.27. The number of hydrogen-bond acceptors (Lipinski definition) is 3. The molecule has 0 amide bonds. The second kappa shape index (κ2) is 7.04. The summed E-state index contributed by atoms with van der Waals surface area (Å²) in [4.78, 5) is 10.6. The van der Waals surface area contributed by atoms with Crippen LogP contribution in [0, 0.1) is 5.92 Å². The number of carbonyl (C=O) groups excluding carboxylic acids is 1. The Kier molecular flexibility index (Phi) is 6.82. The Morgan fingerprint density at radius 1 is 1.31 bits per heavy atom. The highest BCUT2D eigenvalue weighted by Gasteiger charge is 2.17. The van der Waals surface area contributed by atoms with Crippen LogP contribution < -0.4 is 0 Å². The van der Waals surface area contributed by atoms with E-state index in [1.807, 2.05) is 27.7 Å². The molecule has 0 aliphatic rings. The maximum Gasteiger partial charge on any atom is 0.155 e. The SMILES string of the molecule is CCOC(C)O[C@H](C)[C@H](C=O)CC. The fourth-order valence-electron chi connectivity index (χ4n) is 1.22. The Balaban J connectivity index is 3.82. The van der Waals surface area contributed by atoms with Crippen LogP contribution >= 0.6 is 0 Å². The number of rotatable bonds is 7. The van der Waals surface area contributed by atoms with Crippen LogP contribution in [0.4, 0.5) is 0 Å². The summed E-state index contributed by atoms with van der Waals surface area (Å²) in [7, 11) is 0. The van der Waals surface area contributed by atoms with Crippen LogP contribution in [0.3, 0.4) is 0 Å². The molecule has 3 heteroatoms. The van der Waals surface area contributed by atoms with Crippen LogP contribution in [0.2, 0.25) is 0 Å². The van der Waals surface area contributed by atoms with Gasteiger partial charge < -0.3 is 14.3 Å². The van der Waals surface area contributed by atoms with Crippen molar-refractivity contribution in [2.75, 3.05) is 6.61 Å². The molecule has 0 saturated carbocycles. The van der Waals surface area contributed by atoms with Crippen molar-refractivity contribution in [1.82, 2.24) is 0 Å². The average molecular weight is 188 g/mol. The lowest BCUT2D eigenvalue weighted by atomic mass is 10.0. The predicted molar refractivity (Wildman–Crippen MR) is 51.5 cm³/mol. The van der Waals surface area contributed by atoms with Gasteiger partial charge in [0, 0.05) is 12.5 Å². The van der Waals surface area contributed by atoms with Gasteiger partial charge in [0.2, 0.25) is 0 Å². The Morgan fingerprint density at radius 3 is 2.31 bits per heavy atom. The molecule has 3 nitrogen and oxygen atoms in total. The fourth-order valence-corrected chi connectivity index (χ4v) is 1.22. The van der Waals surface area contributed by atoms with Crippen molar-refractivity contribution in [3.63, 3.8) is 0 Å². The zero-order valence-corrected chi connectivity index (χ0v) is 8.95. The van der Waals surface area contributed by atoms with Gasteiger partial charge in [-0.1, -0.05) is 6.92 Å². The first-order valence-corrected chi connectivity index (χ1v) is 4.88. The van der Waals surface area contributed by atoms with E-state index in [0.29, 0.717) is 6.61 Å². The van der Waals surface area contributed by atoms with Gasteiger partial charge in [-0.2, -0.15) is 0 Å². The minimum absolute atomic E-state index is 0.0251. The lowest BCUT2D eigenvalue weighted by Crippen LogP contribution is -2.27. The molecule has 0 aliphatic carbocycles. The van der Waals surface area contributed by atoms with Gasteiger partial charge in [-0.3, -0.25) is 0 Å². The molecule has 0 aromatic rings. The van der Waals surface area contributed by atoms with Crippen LogP contribution in [-0.4, -0.2) is 25.3 Å². The van der Waals surface area contributed by atoms with E-state index in [1.54, 1.807) is 0 Å². The molecule has 0 rings (SSSR count). The molecule has 0 aliphatic heterocycles. The third-order valence-corrected chi connectivity index (χ3v) is 2.06. The zero-order valence-electron chi connectivity index (χ0n) is 8.95. The molecule has 0 radical (unpaired) electrons. The number of aldehydes is 1. The van der Waals surface area contributed by atoms with Gasteiger partial charge >= 0.3 is 0 Å². The van der Waals surface area contributed by atoms with E-state index in [0.717, 1.165) is 12.7 Å². The van der Waals surface area contributed by atoms with Crippen LogP contribution in [0.25, 0.3) is 0 Å². The summed E-state index contributed by atoms with van der Waals surface area (Å²) in [6, 6.07) is 0. The monoisotopic (exact) mass is 188 g/mol. The van der Waals surface area contributed by atoms with Gasteiger partial charge in [0.05, 0.1) is 6.10 Å². The Bertz CT molecular complexity index is 136. The molecule has 3 atom stereocenters. The van der Waals surface area contributed by atoms with Gasteiger partial charge in [-0.25, -0.2) is 0 Å². The van der Waals surface area contributed by atoms with E-state index < -0.39 is 0 Å². The average Bonchev–Trinajstić information content (AvgIpc) is 2.06. The van der Waals surface area contributed by atoms with E-state index >= 15 is 0 Å². The molecule has 13 heavy (non-hydrogen) atoms. The third-order valence-electron chi connectivity index (χ3n) is 2.06. The first-order valence-electron chi connectivity index (χ1n) is 4.88. The van der Waals surface area contributed by atoms with E-state index in [-0.39, 0.29) is 18.3 Å². The lowest BCUT2D eigenvalue weighted by molar-refractivity contribution is -0.165. The minimum atomic E-state index is -0.228. The standard InChI is InChI=1S/C10H20O3/c1-5-10(7-11)8(3)13-9(4)12-6-2/h7-10H,5-6H2,1-4H3/t8-,9?,10+/m1/s1. The molecule has 1 unspecified atom stereocenters. The van der Waals surface area contributed by atoms with Crippen LogP contribution in [-0.2, 0) is 14.3 Å². The number of carbonyl (C=O) groups is 1. The second-order valence-corrected chi connectivity index (χ2v) is 3.07. The van der Waals surface area contributed by atoms with Crippen molar-refractivity contribution in [2.45, 2.75) is 46.5 Å². The maximum atomic E-state index is 10.6. The summed E-state index contributed by atoms with van der Waals surface area (Å²) in [5, 5.41) is 0. The van der Waals surface area contributed by atoms with Gasteiger partial charge in [0.25, 0.3) is 0 Å². The van der Waals surface area contributed by atoms with Crippen LogP contribution in [0.5, 0.6) is 0 Å². The Morgan fingerprint density at radius 2 is 1.92 bits per heavy atom. The molecular formula is C10H20O3. The highest BCUT2D eigenvalue weighted by atomic mass is 16.7. The molecule has 0 spiro atoms. The van der Waals surface area contributed by atoms with Gasteiger partial charge in [-0.05, 0) is 27.2 Å². The zero-order chi connectivity index (χ0) is 10.3. The Labute approximate surface area is 80.4 Å². The summed E-state index contributed by atoms with van der Waals surface area (Å²) in [5.74, 6) is -0.0251. The van der Waals surface area contributed by atoms with Crippen LogP contribution in [0.1, 0.15) is 34.1 Å². The smallest absolute Gasteiger partial charge is 0.155 e. The van der Waals surface area contributed by atoms with Crippen molar-refractivity contribution in [3.8, 4) is 0 Å². The van der Waals surface area contributed by atoms with Crippen molar-refractivity contribution < 1.29 is 14.3 Å². The topological polar surface area (TPSA) is 35.5 Å². The molecule has 78 valence electrons. The van der Waals surface area contributed by atoms with Crippen molar-refractivity contribution >= 4 is 6.29 Å². The minimum Gasteiger partial charge on any atom is -0.353 e. The molecular weight excluding hydrogens is 168 g/mol. The molecule has 0 aromatic carbocycles. The van der Waals surface area contributed by atoms with Crippen molar-refractivity contribution in [3.05, 3.63) is 0 Å².